The van der Waals surface area contributed by atoms with Crippen LogP contribution in [0.1, 0.15) is 25.3 Å². The number of carbonyl (C=O) groups is 1. The number of carboxylic acids is 1. The van der Waals surface area contributed by atoms with E-state index in [2.05, 4.69) is 12.2 Å². The van der Waals surface area contributed by atoms with Gasteiger partial charge in [-0.25, -0.2) is 0 Å². The molecule has 0 radical (unpaired) electrons. The van der Waals surface area contributed by atoms with Crippen molar-refractivity contribution in [2.24, 2.45) is 0 Å². The molecule has 1 aromatic carbocycles. The summed E-state index contributed by atoms with van der Waals surface area (Å²) < 4.78 is 0. The van der Waals surface area contributed by atoms with Gasteiger partial charge in [-0.05, 0) is 37.1 Å². The Balaban J connectivity index is 2.57. The van der Waals surface area contributed by atoms with E-state index in [1.165, 1.54) is 0 Å². The van der Waals surface area contributed by atoms with Crippen LogP contribution >= 0.6 is 11.6 Å². The number of halogens is 1. The minimum atomic E-state index is -0.771. The van der Waals surface area contributed by atoms with Crippen molar-refractivity contribution < 1.29 is 9.90 Å². The maximum atomic E-state index is 10.8. The van der Waals surface area contributed by atoms with Crippen molar-refractivity contribution in [1.29, 1.82) is 0 Å². The van der Waals surface area contributed by atoms with Crippen molar-refractivity contribution in [2.45, 2.75) is 32.2 Å². The molecule has 94 valence electrons. The molecule has 1 atom stereocenters. The summed E-state index contributed by atoms with van der Waals surface area (Å²) >= 11 is 5.81. The molecule has 0 aliphatic rings. The molecule has 4 heteroatoms. The fraction of sp³-hybridized carbons (Fsp3) is 0.462. The van der Waals surface area contributed by atoms with Gasteiger partial charge >= 0.3 is 5.97 Å². The minimum Gasteiger partial charge on any atom is -0.481 e. The molecular formula is C13H18ClNO2. The lowest BCUT2D eigenvalue weighted by Crippen LogP contribution is -2.33. The van der Waals surface area contributed by atoms with Gasteiger partial charge in [0.2, 0.25) is 0 Å². The topological polar surface area (TPSA) is 49.3 Å². The quantitative estimate of drug-likeness (QED) is 0.788. The average Bonchev–Trinajstić information content (AvgIpc) is 2.28. The Morgan fingerprint density at radius 2 is 2.06 bits per heavy atom. The van der Waals surface area contributed by atoms with Gasteiger partial charge in [-0.3, -0.25) is 4.79 Å². The molecule has 0 fully saturated rings. The second-order valence-electron chi connectivity index (χ2n) is 4.08. The van der Waals surface area contributed by atoms with Crippen molar-refractivity contribution in [3.8, 4) is 0 Å². The van der Waals surface area contributed by atoms with E-state index in [9.17, 15) is 4.79 Å². The summed E-state index contributed by atoms with van der Waals surface area (Å²) in [5.41, 5.74) is 1.10. The molecule has 0 aliphatic heterocycles. The van der Waals surface area contributed by atoms with E-state index < -0.39 is 5.97 Å². The first-order valence-electron chi connectivity index (χ1n) is 5.81. The van der Waals surface area contributed by atoms with E-state index in [-0.39, 0.29) is 12.5 Å². The van der Waals surface area contributed by atoms with Gasteiger partial charge in [0.1, 0.15) is 0 Å². The fourth-order valence-electron chi connectivity index (χ4n) is 1.68. The third-order valence-corrected chi connectivity index (χ3v) is 2.75. The SMILES string of the molecule is CCCNC(CC(=O)O)Cc1ccc(Cl)cc1. The first-order valence-corrected chi connectivity index (χ1v) is 6.19. The van der Waals surface area contributed by atoms with Crippen molar-refractivity contribution in [3.05, 3.63) is 34.9 Å². The van der Waals surface area contributed by atoms with Gasteiger partial charge in [0, 0.05) is 11.1 Å². The van der Waals surface area contributed by atoms with Gasteiger partial charge in [0.05, 0.1) is 6.42 Å². The molecule has 1 rings (SSSR count). The van der Waals surface area contributed by atoms with Crippen molar-refractivity contribution in [1.82, 2.24) is 5.32 Å². The number of aliphatic carboxylic acids is 1. The van der Waals surface area contributed by atoms with E-state index in [0.29, 0.717) is 11.4 Å². The van der Waals surface area contributed by atoms with Crippen LogP contribution in [0.25, 0.3) is 0 Å². The normalized spacial score (nSPS) is 12.4. The molecule has 1 aromatic rings. The number of hydrogen-bond donors (Lipinski definition) is 2. The van der Waals surface area contributed by atoms with Crippen molar-refractivity contribution >= 4 is 17.6 Å². The molecule has 0 aliphatic carbocycles. The molecule has 0 heterocycles. The summed E-state index contributed by atoms with van der Waals surface area (Å²) in [5, 5.41) is 12.8. The largest absolute Gasteiger partial charge is 0.481 e. The van der Waals surface area contributed by atoms with Gasteiger partial charge in [-0.2, -0.15) is 0 Å². The van der Waals surface area contributed by atoms with E-state index in [4.69, 9.17) is 16.7 Å². The van der Waals surface area contributed by atoms with Crippen molar-refractivity contribution in [2.75, 3.05) is 6.54 Å². The molecule has 0 aromatic heterocycles. The maximum absolute atomic E-state index is 10.8. The lowest BCUT2D eigenvalue weighted by Gasteiger charge is -2.16. The lowest BCUT2D eigenvalue weighted by molar-refractivity contribution is -0.137. The fourth-order valence-corrected chi connectivity index (χ4v) is 1.81. The summed E-state index contributed by atoms with van der Waals surface area (Å²) in [6, 6.07) is 7.51. The number of hydrogen-bond acceptors (Lipinski definition) is 2. The second-order valence-corrected chi connectivity index (χ2v) is 4.52. The van der Waals surface area contributed by atoms with E-state index in [1.807, 2.05) is 24.3 Å². The lowest BCUT2D eigenvalue weighted by atomic mass is 10.0. The Morgan fingerprint density at radius 1 is 1.41 bits per heavy atom. The van der Waals surface area contributed by atoms with Crippen LogP contribution in [0.2, 0.25) is 5.02 Å². The van der Waals surface area contributed by atoms with Crippen LogP contribution in [0.15, 0.2) is 24.3 Å². The molecular weight excluding hydrogens is 238 g/mol. The summed E-state index contributed by atoms with van der Waals surface area (Å²) in [6.45, 7) is 2.90. The minimum absolute atomic E-state index is 0.0198. The molecule has 3 nitrogen and oxygen atoms in total. The summed E-state index contributed by atoms with van der Waals surface area (Å²) in [6.07, 6.45) is 1.85. The van der Waals surface area contributed by atoms with Gasteiger partial charge in [0.15, 0.2) is 0 Å². The average molecular weight is 256 g/mol. The molecule has 0 saturated carbocycles. The monoisotopic (exact) mass is 255 g/mol. The predicted octanol–water partition coefficient (Wildman–Crippen LogP) is 2.73. The van der Waals surface area contributed by atoms with Crippen LogP contribution in [0, 0.1) is 0 Å². The highest BCUT2D eigenvalue weighted by atomic mass is 35.5. The Kier molecular flexibility index (Phi) is 6.01. The third kappa shape index (κ3) is 5.71. The van der Waals surface area contributed by atoms with Crippen molar-refractivity contribution in [3.63, 3.8) is 0 Å². The highest BCUT2D eigenvalue weighted by Crippen LogP contribution is 2.12. The zero-order chi connectivity index (χ0) is 12.7. The molecule has 2 N–H and O–H groups in total. The Bertz CT molecular complexity index is 351. The highest BCUT2D eigenvalue weighted by molar-refractivity contribution is 6.30. The molecule has 17 heavy (non-hydrogen) atoms. The zero-order valence-corrected chi connectivity index (χ0v) is 10.7. The van der Waals surface area contributed by atoms with Crippen LogP contribution in [0.4, 0.5) is 0 Å². The Hall–Kier alpha value is -1.06. The predicted molar refractivity (Wildman–Crippen MR) is 69.5 cm³/mol. The van der Waals surface area contributed by atoms with Crippen LogP contribution in [0.5, 0.6) is 0 Å². The Labute approximate surface area is 107 Å². The van der Waals surface area contributed by atoms with Crippen LogP contribution in [-0.2, 0) is 11.2 Å². The van der Waals surface area contributed by atoms with Crippen LogP contribution in [-0.4, -0.2) is 23.7 Å². The van der Waals surface area contributed by atoms with Crippen LogP contribution < -0.4 is 5.32 Å². The first-order chi connectivity index (χ1) is 8.11. The standard InChI is InChI=1S/C13H18ClNO2/c1-2-7-15-12(9-13(16)17)8-10-3-5-11(14)6-4-10/h3-6,12,15H,2,7-9H2,1H3,(H,16,17). The number of carboxylic acid groups (broad SMARTS) is 1. The van der Waals surface area contributed by atoms with Crippen LogP contribution in [0.3, 0.4) is 0 Å². The number of nitrogens with one attached hydrogen (secondary N) is 1. The second kappa shape index (κ2) is 7.30. The molecule has 0 spiro atoms. The maximum Gasteiger partial charge on any atom is 0.304 e. The third-order valence-electron chi connectivity index (χ3n) is 2.50. The zero-order valence-electron chi connectivity index (χ0n) is 9.95. The van der Waals surface area contributed by atoms with Gasteiger partial charge in [-0.1, -0.05) is 30.7 Å². The van der Waals surface area contributed by atoms with E-state index in [0.717, 1.165) is 18.5 Å². The number of rotatable bonds is 7. The summed E-state index contributed by atoms with van der Waals surface area (Å²) in [7, 11) is 0. The summed E-state index contributed by atoms with van der Waals surface area (Å²) in [4.78, 5) is 10.8. The molecule has 0 saturated heterocycles. The van der Waals surface area contributed by atoms with Gasteiger partial charge in [0.25, 0.3) is 0 Å². The molecule has 0 amide bonds. The number of benzene rings is 1. The molecule has 0 bridgehead atoms. The van der Waals surface area contributed by atoms with Gasteiger partial charge in [-0.15, -0.1) is 0 Å². The Morgan fingerprint density at radius 3 is 2.59 bits per heavy atom. The molecule has 1 unspecified atom stereocenters. The first kappa shape index (κ1) is 14.0. The summed E-state index contributed by atoms with van der Waals surface area (Å²) in [5.74, 6) is -0.771. The highest BCUT2D eigenvalue weighted by Gasteiger charge is 2.12. The smallest absolute Gasteiger partial charge is 0.304 e. The van der Waals surface area contributed by atoms with E-state index >= 15 is 0 Å². The van der Waals surface area contributed by atoms with Gasteiger partial charge < -0.3 is 10.4 Å². The van der Waals surface area contributed by atoms with E-state index in [1.54, 1.807) is 0 Å².